The Kier molecular flexibility index (Phi) is 4.71. The van der Waals surface area contributed by atoms with Crippen molar-refractivity contribution < 1.29 is 9.53 Å². The van der Waals surface area contributed by atoms with Crippen LogP contribution in [0, 0.1) is 0 Å². The Bertz CT molecular complexity index is 1210. The number of aromatic nitrogens is 4. The number of methoxy groups -OCH3 is 1. The summed E-state index contributed by atoms with van der Waals surface area (Å²) in [5, 5.41) is 11.2. The predicted molar refractivity (Wildman–Crippen MR) is 114 cm³/mol. The van der Waals surface area contributed by atoms with E-state index in [2.05, 4.69) is 25.5 Å². The van der Waals surface area contributed by atoms with Crippen molar-refractivity contribution in [1.29, 1.82) is 0 Å². The van der Waals surface area contributed by atoms with Crippen molar-refractivity contribution in [1.82, 2.24) is 25.5 Å². The molecule has 0 atom stereocenters. The van der Waals surface area contributed by atoms with Gasteiger partial charge in [0.2, 0.25) is 0 Å². The van der Waals surface area contributed by atoms with E-state index in [1.807, 2.05) is 42.5 Å². The van der Waals surface area contributed by atoms with Gasteiger partial charge in [-0.25, -0.2) is 4.98 Å². The molecule has 2 aromatic heterocycles. The zero-order valence-electron chi connectivity index (χ0n) is 16.8. The molecule has 30 heavy (non-hydrogen) atoms. The summed E-state index contributed by atoms with van der Waals surface area (Å²) in [5.41, 5.74) is 5.33. The highest BCUT2D eigenvalue weighted by molar-refractivity contribution is 5.99. The molecule has 7 heteroatoms. The van der Waals surface area contributed by atoms with E-state index in [4.69, 9.17) is 4.74 Å². The standard InChI is InChI=1S/C23H23N5O2/c1-30-16-9-6-14(7-10-16)22-26-21(27-28-22)13-24-23(29)15-8-11-20-18(12-15)17-4-2-3-5-19(17)25-20/h6-12,25H,2-5,13H2,1H3,(H,24,29)(H,26,27,28). The van der Waals surface area contributed by atoms with Gasteiger partial charge < -0.3 is 15.0 Å². The third-order valence-electron chi connectivity index (χ3n) is 5.66. The molecule has 0 saturated heterocycles. The number of hydrogen-bond acceptors (Lipinski definition) is 4. The molecular weight excluding hydrogens is 378 g/mol. The number of rotatable bonds is 5. The van der Waals surface area contributed by atoms with Gasteiger partial charge in [-0.05, 0) is 73.7 Å². The zero-order chi connectivity index (χ0) is 20.5. The molecule has 1 amide bonds. The van der Waals surface area contributed by atoms with E-state index in [9.17, 15) is 4.79 Å². The van der Waals surface area contributed by atoms with Crippen molar-refractivity contribution in [3.8, 4) is 17.1 Å². The molecule has 152 valence electrons. The molecular formula is C23H23N5O2. The number of carbonyl (C=O) groups excluding carboxylic acids is 1. The lowest BCUT2D eigenvalue weighted by molar-refractivity contribution is 0.0950. The molecule has 0 spiro atoms. The van der Waals surface area contributed by atoms with Crippen LogP contribution in [0.25, 0.3) is 22.3 Å². The Balaban J connectivity index is 1.28. The highest BCUT2D eigenvalue weighted by atomic mass is 16.5. The molecule has 0 fully saturated rings. The summed E-state index contributed by atoms with van der Waals surface area (Å²) in [4.78, 5) is 20.7. The van der Waals surface area contributed by atoms with Gasteiger partial charge in [0.15, 0.2) is 5.82 Å². The summed E-state index contributed by atoms with van der Waals surface area (Å²) in [6, 6.07) is 13.4. The summed E-state index contributed by atoms with van der Waals surface area (Å²) >= 11 is 0. The van der Waals surface area contributed by atoms with Crippen LogP contribution >= 0.6 is 0 Å². The van der Waals surface area contributed by atoms with Crippen molar-refractivity contribution in [3.63, 3.8) is 0 Å². The molecule has 1 aliphatic carbocycles. The minimum Gasteiger partial charge on any atom is -0.497 e. The topological polar surface area (TPSA) is 95.7 Å². The van der Waals surface area contributed by atoms with Crippen LogP contribution in [-0.4, -0.2) is 33.2 Å². The number of aromatic amines is 2. The van der Waals surface area contributed by atoms with Gasteiger partial charge in [0, 0.05) is 27.7 Å². The fourth-order valence-electron chi connectivity index (χ4n) is 4.06. The molecule has 4 aromatic rings. The first-order valence-electron chi connectivity index (χ1n) is 10.2. The lowest BCUT2D eigenvalue weighted by Crippen LogP contribution is -2.23. The third-order valence-corrected chi connectivity index (χ3v) is 5.66. The molecule has 3 N–H and O–H groups in total. The molecule has 1 aliphatic rings. The fraction of sp³-hybridized carbons (Fsp3) is 0.261. The first-order chi connectivity index (χ1) is 14.7. The maximum atomic E-state index is 12.7. The van der Waals surface area contributed by atoms with E-state index in [-0.39, 0.29) is 12.5 Å². The Morgan fingerprint density at radius 1 is 1.13 bits per heavy atom. The largest absolute Gasteiger partial charge is 0.497 e. The summed E-state index contributed by atoms with van der Waals surface area (Å²) < 4.78 is 5.17. The average molecular weight is 401 g/mol. The van der Waals surface area contributed by atoms with E-state index in [0.717, 1.165) is 29.7 Å². The van der Waals surface area contributed by atoms with Crippen LogP contribution in [0.5, 0.6) is 5.75 Å². The highest BCUT2D eigenvalue weighted by Crippen LogP contribution is 2.29. The van der Waals surface area contributed by atoms with E-state index < -0.39 is 0 Å². The van der Waals surface area contributed by atoms with Crippen LogP contribution in [-0.2, 0) is 19.4 Å². The number of ether oxygens (including phenoxy) is 1. The molecule has 0 radical (unpaired) electrons. The number of nitrogens with one attached hydrogen (secondary N) is 3. The first kappa shape index (κ1) is 18.4. The van der Waals surface area contributed by atoms with Crippen LogP contribution in [0.1, 0.15) is 40.3 Å². The molecule has 0 bridgehead atoms. The fourth-order valence-corrected chi connectivity index (χ4v) is 4.06. The molecule has 2 heterocycles. The van der Waals surface area contributed by atoms with Crippen LogP contribution < -0.4 is 10.1 Å². The Labute approximate surface area is 173 Å². The van der Waals surface area contributed by atoms with Gasteiger partial charge in [-0.3, -0.25) is 9.89 Å². The normalized spacial score (nSPS) is 13.2. The summed E-state index contributed by atoms with van der Waals surface area (Å²) in [6.45, 7) is 0.283. The minimum atomic E-state index is -0.120. The van der Waals surface area contributed by atoms with E-state index >= 15 is 0 Å². The van der Waals surface area contributed by atoms with Crippen molar-refractivity contribution in [2.24, 2.45) is 0 Å². The van der Waals surface area contributed by atoms with Crippen molar-refractivity contribution in [2.75, 3.05) is 7.11 Å². The number of amides is 1. The van der Waals surface area contributed by atoms with Crippen molar-refractivity contribution in [2.45, 2.75) is 32.2 Å². The molecule has 2 aromatic carbocycles. The lowest BCUT2D eigenvalue weighted by atomic mass is 9.95. The van der Waals surface area contributed by atoms with Gasteiger partial charge in [-0.1, -0.05) is 0 Å². The van der Waals surface area contributed by atoms with E-state index in [1.165, 1.54) is 29.5 Å². The van der Waals surface area contributed by atoms with Gasteiger partial charge in [-0.15, -0.1) is 0 Å². The monoisotopic (exact) mass is 401 g/mol. The van der Waals surface area contributed by atoms with Gasteiger partial charge in [0.1, 0.15) is 11.6 Å². The quantitative estimate of drug-likeness (QED) is 0.474. The van der Waals surface area contributed by atoms with Crippen LogP contribution in [0.15, 0.2) is 42.5 Å². The number of carbonyl (C=O) groups is 1. The third kappa shape index (κ3) is 3.43. The van der Waals surface area contributed by atoms with Gasteiger partial charge in [0.25, 0.3) is 5.91 Å². The maximum Gasteiger partial charge on any atom is 0.251 e. The van der Waals surface area contributed by atoms with Crippen LogP contribution in [0.4, 0.5) is 0 Å². The SMILES string of the molecule is COc1ccc(-c2n[nH]c(CNC(=O)c3ccc4[nH]c5c(c4c3)CCCC5)n2)cc1. The lowest BCUT2D eigenvalue weighted by Gasteiger charge is -2.10. The van der Waals surface area contributed by atoms with E-state index in [1.54, 1.807) is 7.11 Å². The van der Waals surface area contributed by atoms with Gasteiger partial charge in [-0.2, -0.15) is 5.10 Å². The van der Waals surface area contributed by atoms with Crippen molar-refractivity contribution >= 4 is 16.8 Å². The predicted octanol–water partition coefficient (Wildman–Crippen LogP) is 3.77. The van der Waals surface area contributed by atoms with Crippen LogP contribution in [0.2, 0.25) is 0 Å². The summed E-state index contributed by atoms with van der Waals surface area (Å²) in [5.74, 6) is 1.85. The molecule has 0 aliphatic heterocycles. The maximum absolute atomic E-state index is 12.7. The van der Waals surface area contributed by atoms with Gasteiger partial charge >= 0.3 is 0 Å². The molecule has 0 saturated carbocycles. The minimum absolute atomic E-state index is 0.120. The van der Waals surface area contributed by atoms with Gasteiger partial charge in [0.05, 0.1) is 13.7 Å². The van der Waals surface area contributed by atoms with Crippen LogP contribution in [0.3, 0.4) is 0 Å². The summed E-state index contributed by atoms with van der Waals surface area (Å²) in [6.07, 6.45) is 4.60. The Hall–Kier alpha value is -3.61. The molecule has 5 rings (SSSR count). The number of fused-ring (bicyclic) bond motifs is 3. The number of benzene rings is 2. The smallest absolute Gasteiger partial charge is 0.251 e. The van der Waals surface area contributed by atoms with E-state index in [0.29, 0.717) is 17.2 Å². The Morgan fingerprint density at radius 3 is 2.80 bits per heavy atom. The number of nitrogens with zero attached hydrogens (tertiary/aromatic N) is 2. The average Bonchev–Trinajstić information content (AvgIpc) is 3.42. The second kappa shape index (κ2) is 7.67. The number of H-pyrrole nitrogens is 2. The second-order valence-electron chi connectivity index (χ2n) is 7.57. The number of hydrogen-bond donors (Lipinski definition) is 3. The second-order valence-corrected chi connectivity index (χ2v) is 7.57. The molecule has 0 unspecified atom stereocenters. The zero-order valence-corrected chi connectivity index (χ0v) is 16.8. The highest BCUT2D eigenvalue weighted by Gasteiger charge is 2.17. The van der Waals surface area contributed by atoms with Crippen molar-refractivity contribution in [3.05, 3.63) is 65.1 Å². The number of aryl methyl sites for hydroxylation is 2. The molecule has 7 nitrogen and oxygen atoms in total. The Morgan fingerprint density at radius 2 is 1.97 bits per heavy atom. The first-order valence-corrected chi connectivity index (χ1v) is 10.2. The summed E-state index contributed by atoms with van der Waals surface area (Å²) in [7, 11) is 1.63.